The highest BCUT2D eigenvalue weighted by atomic mass is 16.1. The van der Waals surface area contributed by atoms with Crippen LogP contribution < -0.4 is 5.43 Å². The number of fused-ring (bicyclic) bond motifs is 2. The lowest BCUT2D eigenvalue weighted by Gasteiger charge is -2.13. The molecule has 30 heavy (non-hydrogen) atoms. The Morgan fingerprint density at radius 3 is 2.50 bits per heavy atom. The maximum atomic E-state index is 13.5. The van der Waals surface area contributed by atoms with E-state index in [4.69, 9.17) is 4.98 Å². The van der Waals surface area contributed by atoms with Gasteiger partial charge in [0.05, 0.1) is 21.9 Å². The van der Waals surface area contributed by atoms with Crippen molar-refractivity contribution in [1.82, 2.24) is 14.3 Å². The number of aryl methyl sites for hydroxylation is 1. The number of benzene rings is 2. The third kappa shape index (κ3) is 3.93. The summed E-state index contributed by atoms with van der Waals surface area (Å²) in [5, 5.41) is 1.65. The van der Waals surface area contributed by atoms with Gasteiger partial charge in [0, 0.05) is 18.4 Å². The monoisotopic (exact) mass is 403 g/mol. The topological polar surface area (TPSA) is 37.6 Å². The summed E-state index contributed by atoms with van der Waals surface area (Å²) in [6, 6.07) is 12.2. The Balaban J connectivity index is 1.80. The number of likely N-dealkylation sites (N-methyl/N-ethyl adjacent to an activating group) is 1. The van der Waals surface area contributed by atoms with Crippen LogP contribution in [0.15, 0.2) is 41.2 Å². The molecule has 2 aromatic heterocycles. The van der Waals surface area contributed by atoms with Crippen molar-refractivity contribution in [3.8, 4) is 0 Å². The van der Waals surface area contributed by atoms with E-state index < -0.39 is 0 Å². The van der Waals surface area contributed by atoms with E-state index in [1.807, 2.05) is 18.2 Å². The summed E-state index contributed by atoms with van der Waals surface area (Å²) >= 11 is 0. The van der Waals surface area contributed by atoms with Crippen LogP contribution in [0.1, 0.15) is 56.8 Å². The highest BCUT2D eigenvalue weighted by molar-refractivity contribution is 6.03. The molecular formula is C26H33N3O. The number of hydrogen-bond donors (Lipinski definition) is 0. The Bertz CT molecular complexity index is 1190. The van der Waals surface area contributed by atoms with Crippen LogP contribution in [0.3, 0.4) is 0 Å². The number of unbranched alkanes of at least 4 members (excludes halogenated alkanes) is 5. The maximum Gasteiger partial charge on any atom is 0.197 e. The summed E-state index contributed by atoms with van der Waals surface area (Å²) in [6.45, 7) is 3.18. The van der Waals surface area contributed by atoms with Gasteiger partial charge in [-0.2, -0.15) is 0 Å². The molecule has 0 saturated carbocycles. The zero-order valence-electron chi connectivity index (χ0n) is 18.6. The van der Waals surface area contributed by atoms with Crippen LogP contribution >= 0.6 is 0 Å². The molecule has 2 heterocycles. The maximum absolute atomic E-state index is 13.5. The van der Waals surface area contributed by atoms with E-state index >= 15 is 0 Å². The quantitative estimate of drug-likeness (QED) is 0.261. The zero-order valence-corrected chi connectivity index (χ0v) is 18.6. The van der Waals surface area contributed by atoms with Crippen molar-refractivity contribution in [3.63, 3.8) is 0 Å². The third-order valence-corrected chi connectivity index (χ3v) is 6.17. The normalized spacial score (nSPS) is 12.1. The lowest BCUT2D eigenvalue weighted by atomic mass is 10.0. The molecular weight excluding hydrogens is 370 g/mol. The summed E-state index contributed by atoms with van der Waals surface area (Å²) < 4.78 is 2.27. The molecule has 4 heteroatoms. The van der Waals surface area contributed by atoms with Gasteiger partial charge in [0.25, 0.3) is 0 Å². The predicted molar refractivity (Wildman–Crippen MR) is 127 cm³/mol. The predicted octanol–water partition coefficient (Wildman–Crippen LogP) is 5.45. The molecule has 0 atom stereocenters. The summed E-state index contributed by atoms with van der Waals surface area (Å²) in [6.07, 6.45) is 9.43. The molecule has 0 saturated heterocycles. The van der Waals surface area contributed by atoms with Crippen LogP contribution in [0, 0.1) is 0 Å². The van der Waals surface area contributed by atoms with Crippen LogP contribution in [-0.2, 0) is 12.8 Å². The van der Waals surface area contributed by atoms with Gasteiger partial charge in [0.15, 0.2) is 5.43 Å². The van der Waals surface area contributed by atoms with Crippen LogP contribution in [0.5, 0.6) is 0 Å². The third-order valence-electron chi connectivity index (χ3n) is 6.17. The van der Waals surface area contributed by atoms with Crippen molar-refractivity contribution in [1.29, 1.82) is 0 Å². The lowest BCUT2D eigenvalue weighted by Crippen LogP contribution is -2.17. The fraction of sp³-hybridized carbons (Fsp3) is 0.462. The first kappa shape index (κ1) is 20.8. The number of hydrogen-bond acceptors (Lipinski definition) is 3. The van der Waals surface area contributed by atoms with Gasteiger partial charge in [0.1, 0.15) is 5.82 Å². The molecule has 2 aromatic carbocycles. The second-order valence-electron chi connectivity index (χ2n) is 8.75. The van der Waals surface area contributed by atoms with E-state index in [2.05, 4.69) is 48.5 Å². The van der Waals surface area contributed by atoms with Crippen molar-refractivity contribution in [2.24, 2.45) is 0 Å². The molecule has 0 spiro atoms. The Kier molecular flexibility index (Phi) is 6.33. The van der Waals surface area contributed by atoms with Gasteiger partial charge in [-0.25, -0.2) is 4.98 Å². The van der Waals surface area contributed by atoms with Crippen molar-refractivity contribution < 1.29 is 0 Å². The summed E-state index contributed by atoms with van der Waals surface area (Å²) in [5.41, 5.74) is 4.22. The molecule has 4 aromatic rings. The van der Waals surface area contributed by atoms with Gasteiger partial charge in [-0.1, -0.05) is 57.2 Å². The van der Waals surface area contributed by atoms with Gasteiger partial charge < -0.3 is 4.90 Å². The van der Waals surface area contributed by atoms with Crippen molar-refractivity contribution in [2.75, 3.05) is 20.6 Å². The van der Waals surface area contributed by atoms with Gasteiger partial charge in [-0.15, -0.1) is 0 Å². The van der Waals surface area contributed by atoms with E-state index in [9.17, 15) is 4.79 Å². The van der Waals surface area contributed by atoms with Crippen molar-refractivity contribution >= 4 is 27.3 Å². The van der Waals surface area contributed by atoms with E-state index in [0.717, 1.165) is 64.5 Å². The summed E-state index contributed by atoms with van der Waals surface area (Å²) in [5.74, 6) is 1.09. The molecule has 0 aliphatic carbocycles. The molecule has 0 bridgehead atoms. The first-order valence-electron chi connectivity index (χ1n) is 11.4. The van der Waals surface area contributed by atoms with Gasteiger partial charge in [-0.3, -0.25) is 9.20 Å². The second-order valence-corrected chi connectivity index (χ2v) is 8.75. The Labute approximate surface area is 178 Å². The number of para-hydroxylation sites is 1. The number of pyridine rings is 1. The van der Waals surface area contributed by atoms with Crippen LogP contribution in [0.2, 0.25) is 0 Å². The molecule has 0 unspecified atom stereocenters. The van der Waals surface area contributed by atoms with E-state index in [1.54, 1.807) is 0 Å². The highest BCUT2D eigenvalue weighted by Crippen LogP contribution is 2.28. The zero-order chi connectivity index (χ0) is 21.1. The average molecular weight is 404 g/mol. The van der Waals surface area contributed by atoms with Crippen LogP contribution in [0.4, 0.5) is 0 Å². The molecule has 158 valence electrons. The molecule has 4 rings (SSSR count). The lowest BCUT2D eigenvalue weighted by molar-refractivity contribution is 0.414. The van der Waals surface area contributed by atoms with E-state index in [1.165, 1.54) is 32.1 Å². The summed E-state index contributed by atoms with van der Waals surface area (Å²) in [7, 11) is 4.15. The first-order valence-corrected chi connectivity index (χ1v) is 11.4. The standard InChI is InChI=1S/C26H33N3O/c1-4-5-6-7-8-9-14-23-27-21-16-15-19(17-18-28(2)3)24-25(21)29(23)22-13-11-10-12-20(22)26(24)30/h10-13,15-16H,4-9,14,17-18H2,1-3H3. The Morgan fingerprint density at radius 1 is 0.933 bits per heavy atom. The second kappa shape index (κ2) is 9.13. The molecule has 0 aliphatic heterocycles. The van der Waals surface area contributed by atoms with Crippen LogP contribution in [-0.4, -0.2) is 34.9 Å². The number of rotatable bonds is 10. The Morgan fingerprint density at radius 2 is 1.70 bits per heavy atom. The fourth-order valence-electron chi connectivity index (χ4n) is 4.55. The minimum atomic E-state index is 0.142. The van der Waals surface area contributed by atoms with Crippen molar-refractivity contribution in [3.05, 3.63) is 58.0 Å². The smallest absolute Gasteiger partial charge is 0.197 e. The molecule has 0 aliphatic rings. The minimum Gasteiger partial charge on any atom is -0.309 e. The minimum absolute atomic E-state index is 0.142. The number of nitrogens with zero attached hydrogens (tertiary/aromatic N) is 3. The molecule has 4 nitrogen and oxygen atoms in total. The molecule has 0 radical (unpaired) electrons. The highest BCUT2D eigenvalue weighted by Gasteiger charge is 2.19. The fourth-order valence-corrected chi connectivity index (χ4v) is 4.55. The number of imidazole rings is 1. The SMILES string of the molecule is CCCCCCCCc1nc2ccc(CCN(C)C)c3c(=O)c4ccccc4n1c23. The molecule has 0 amide bonds. The van der Waals surface area contributed by atoms with Gasteiger partial charge >= 0.3 is 0 Å². The first-order chi connectivity index (χ1) is 14.6. The van der Waals surface area contributed by atoms with Gasteiger partial charge in [-0.05, 0) is 50.7 Å². The summed E-state index contributed by atoms with van der Waals surface area (Å²) in [4.78, 5) is 20.6. The van der Waals surface area contributed by atoms with Crippen molar-refractivity contribution in [2.45, 2.75) is 58.3 Å². The van der Waals surface area contributed by atoms with E-state index in [-0.39, 0.29) is 5.43 Å². The van der Waals surface area contributed by atoms with Gasteiger partial charge in [0.2, 0.25) is 0 Å². The largest absolute Gasteiger partial charge is 0.309 e. The Hall–Kier alpha value is -2.46. The van der Waals surface area contributed by atoms with Crippen LogP contribution in [0.25, 0.3) is 27.3 Å². The average Bonchev–Trinajstić information content (AvgIpc) is 3.12. The number of aromatic nitrogens is 2. The van der Waals surface area contributed by atoms with E-state index in [0.29, 0.717) is 0 Å². The molecule has 0 fully saturated rings. The molecule has 0 N–H and O–H groups in total.